The maximum Gasteiger partial charge on any atom is 0.0944 e. The molecule has 0 aliphatic rings. The Hall–Kier alpha value is -0.810. The third-order valence-corrected chi connectivity index (χ3v) is 1.64. The van der Waals surface area contributed by atoms with Gasteiger partial charge in [-0.05, 0) is 19.9 Å². The van der Waals surface area contributed by atoms with Crippen LogP contribution in [0, 0.1) is 11.3 Å². The summed E-state index contributed by atoms with van der Waals surface area (Å²) in [6, 6.07) is 2.53. The van der Waals surface area contributed by atoms with Crippen molar-refractivity contribution in [2.75, 3.05) is 6.54 Å². The van der Waals surface area contributed by atoms with Crippen molar-refractivity contribution < 1.29 is 0 Å². The van der Waals surface area contributed by atoms with E-state index in [1.54, 1.807) is 0 Å². The molecule has 0 spiro atoms. The molecular weight excluding hydrogens is 148 g/mol. The molecule has 0 aromatic carbocycles. The van der Waals surface area contributed by atoms with E-state index in [4.69, 9.17) is 5.26 Å². The van der Waals surface area contributed by atoms with Gasteiger partial charge in [0.1, 0.15) is 0 Å². The highest BCUT2D eigenvalue weighted by atomic mass is 14.9. The summed E-state index contributed by atoms with van der Waals surface area (Å²) in [5.41, 5.74) is 0.894. The van der Waals surface area contributed by atoms with Crippen LogP contribution in [0.1, 0.15) is 33.6 Å². The van der Waals surface area contributed by atoms with Gasteiger partial charge in [-0.15, -0.1) is 0 Å². The number of nitrogens with one attached hydrogen (secondary N) is 1. The molecular formula is C10H18N2. The lowest BCUT2D eigenvalue weighted by Crippen LogP contribution is -2.23. The van der Waals surface area contributed by atoms with Crippen molar-refractivity contribution in [1.82, 2.24) is 5.32 Å². The maximum absolute atomic E-state index is 8.73. The van der Waals surface area contributed by atoms with Crippen LogP contribution >= 0.6 is 0 Å². The first-order valence-electron chi connectivity index (χ1n) is 4.58. The van der Waals surface area contributed by atoms with Crippen LogP contribution in [-0.4, -0.2) is 12.6 Å². The first kappa shape index (κ1) is 11.2. The molecule has 0 saturated carbocycles. The van der Waals surface area contributed by atoms with Crippen molar-refractivity contribution in [2.45, 2.75) is 39.7 Å². The second-order valence-electron chi connectivity index (χ2n) is 2.90. The third kappa shape index (κ3) is 4.92. The molecule has 12 heavy (non-hydrogen) atoms. The van der Waals surface area contributed by atoms with E-state index >= 15 is 0 Å². The van der Waals surface area contributed by atoms with Gasteiger partial charge in [0.05, 0.1) is 6.07 Å². The third-order valence-electron chi connectivity index (χ3n) is 1.64. The SMILES string of the molecule is CCC/C(C#N)=C\C(C)NCC. The maximum atomic E-state index is 8.73. The Morgan fingerprint density at radius 3 is 2.67 bits per heavy atom. The fourth-order valence-electron chi connectivity index (χ4n) is 1.13. The second kappa shape index (κ2) is 6.87. The summed E-state index contributed by atoms with van der Waals surface area (Å²) in [5.74, 6) is 0. The van der Waals surface area contributed by atoms with Gasteiger partial charge < -0.3 is 5.32 Å². The first-order valence-corrected chi connectivity index (χ1v) is 4.58. The zero-order valence-corrected chi connectivity index (χ0v) is 8.22. The minimum Gasteiger partial charge on any atom is -0.311 e. The summed E-state index contributed by atoms with van der Waals surface area (Å²) < 4.78 is 0. The molecule has 0 aromatic rings. The molecule has 0 aliphatic heterocycles. The first-order chi connectivity index (χ1) is 5.74. The lowest BCUT2D eigenvalue weighted by atomic mass is 10.1. The topological polar surface area (TPSA) is 35.8 Å². The van der Waals surface area contributed by atoms with E-state index in [0.717, 1.165) is 25.0 Å². The van der Waals surface area contributed by atoms with Crippen molar-refractivity contribution in [3.63, 3.8) is 0 Å². The van der Waals surface area contributed by atoms with Crippen molar-refractivity contribution in [1.29, 1.82) is 5.26 Å². The molecule has 0 heterocycles. The predicted molar refractivity (Wildman–Crippen MR) is 51.7 cm³/mol. The molecule has 1 unspecified atom stereocenters. The van der Waals surface area contributed by atoms with E-state index in [1.807, 2.05) is 6.08 Å². The van der Waals surface area contributed by atoms with Crippen LogP contribution in [0.15, 0.2) is 11.6 Å². The largest absolute Gasteiger partial charge is 0.311 e. The van der Waals surface area contributed by atoms with Gasteiger partial charge in [-0.3, -0.25) is 0 Å². The van der Waals surface area contributed by atoms with E-state index in [0.29, 0.717) is 6.04 Å². The van der Waals surface area contributed by atoms with Gasteiger partial charge in [-0.1, -0.05) is 26.3 Å². The Labute approximate surface area is 75.3 Å². The number of likely N-dealkylation sites (N-methyl/N-ethyl adjacent to an activating group) is 1. The van der Waals surface area contributed by atoms with Gasteiger partial charge in [0.15, 0.2) is 0 Å². The fraction of sp³-hybridized carbons (Fsp3) is 0.700. The minimum atomic E-state index is 0.316. The number of nitrogens with zero attached hydrogens (tertiary/aromatic N) is 1. The van der Waals surface area contributed by atoms with Crippen LogP contribution in [-0.2, 0) is 0 Å². The van der Waals surface area contributed by atoms with E-state index in [9.17, 15) is 0 Å². The standard InChI is InChI=1S/C10H18N2/c1-4-6-10(8-11)7-9(3)12-5-2/h7,9,12H,4-6H2,1-3H3/b10-7+. The molecule has 68 valence electrons. The monoisotopic (exact) mass is 166 g/mol. The van der Waals surface area contributed by atoms with Gasteiger partial charge in [0.25, 0.3) is 0 Å². The summed E-state index contributed by atoms with van der Waals surface area (Å²) in [7, 11) is 0. The number of hydrogen-bond acceptors (Lipinski definition) is 2. The van der Waals surface area contributed by atoms with Gasteiger partial charge in [-0.2, -0.15) is 5.26 Å². The molecule has 1 N–H and O–H groups in total. The lowest BCUT2D eigenvalue weighted by molar-refractivity contribution is 0.656. The van der Waals surface area contributed by atoms with Gasteiger partial charge in [0.2, 0.25) is 0 Å². The summed E-state index contributed by atoms with van der Waals surface area (Å²) in [5, 5.41) is 12.0. The summed E-state index contributed by atoms with van der Waals surface area (Å²) in [6.45, 7) is 7.16. The van der Waals surface area contributed by atoms with Crippen molar-refractivity contribution in [3.05, 3.63) is 11.6 Å². The molecule has 0 saturated heterocycles. The zero-order chi connectivity index (χ0) is 9.40. The highest BCUT2D eigenvalue weighted by molar-refractivity contribution is 5.22. The molecule has 0 rings (SSSR count). The summed E-state index contributed by atoms with van der Waals surface area (Å²) in [6.07, 6.45) is 3.94. The Kier molecular flexibility index (Phi) is 6.41. The molecule has 0 aromatic heterocycles. The predicted octanol–water partition coefficient (Wildman–Crippen LogP) is 2.23. The molecule has 0 fully saturated rings. The van der Waals surface area contributed by atoms with Crippen LogP contribution in [0.2, 0.25) is 0 Å². The molecule has 0 aliphatic carbocycles. The zero-order valence-electron chi connectivity index (χ0n) is 8.22. The molecule has 2 nitrogen and oxygen atoms in total. The average molecular weight is 166 g/mol. The second-order valence-corrected chi connectivity index (χ2v) is 2.90. The molecule has 0 amide bonds. The van der Waals surface area contributed by atoms with Crippen molar-refractivity contribution in [2.24, 2.45) is 0 Å². The number of nitriles is 1. The number of rotatable bonds is 5. The van der Waals surface area contributed by atoms with Gasteiger partial charge in [-0.25, -0.2) is 0 Å². The molecule has 1 atom stereocenters. The summed E-state index contributed by atoms with van der Waals surface area (Å²) in [4.78, 5) is 0. The van der Waals surface area contributed by atoms with E-state index in [1.165, 1.54) is 0 Å². The molecule has 2 heteroatoms. The Morgan fingerprint density at radius 2 is 2.25 bits per heavy atom. The average Bonchev–Trinajstić information content (AvgIpc) is 2.04. The Morgan fingerprint density at radius 1 is 1.58 bits per heavy atom. The van der Waals surface area contributed by atoms with E-state index in [2.05, 4.69) is 32.2 Å². The lowest BCUT2D eigenvalue weighted by Gasteiger charge is -2.06. The van der Waals surface area contributed by atoms with E-state index in [-0.39, 0.29) is 0 Å². The Bertz CT molecular complexity index is 177. The van der Waals surface area contributed by atoms with Gasteiger partial charge >= 0.3 is 0 Å². The minimum absolute atomic E-state index is 0.316. The van der Waals surface area contributed by atoms with Gasteiger partial charge in [0, 0.05) is 11.6 Å². The molecule has 0 bridgehead atoms. The smallest absolute Gasteiger partial charge is 0.0944 e. The summed E-state index contributed by atoms with van der Waals surface area (Å²) >= 11 is 0. The van der Waals surface area contributed by atoms with E-state index < -0.39 is 0 Å². The molecule has 0 radical (unpaired) electrons. The van der Waals surface area contributed by atoms with Crippen LogP contribution in [0.5, 0.6) is 0 Å². The van der Waals surface area contributed by atoms with Crippen LogP contribution in [0.4, 0.5) is 0 Å². The van der Waals surface area contributed by atoms with Crippen LogP contribution in [0.25, 0.3) is 0 Å². The quantitative estimate of drug-likeness (QED) is 0.636. The number of hydrogen-bond donors (Lipinski definition) is 1. The van der Waals surface area contributed by atoms with Crippen LogP contribution in [0.3, 0.4) is 0 Å². The van der Waals surface area contributed by atoms with Crippen molar-refractivity contribution in [3.8, 4) is 6.07 Å². The fourth-order valence-corrected chi connectivity index (χ4v) is 1.13. The normalized spacial score (nSPS) is 14.0. The van der Waals surface area contributed by atoms with Crippen molar-refractivity contribution >= 4 is 0 Å². The Balaban J connectivity index is 4.00. The number of allylic oxidation sites excluding steroid dienone is 1. The highest BCUT2D eigenvalue weighted by Crippen LogP contribution is 2.04. The van der Waals surface area contributed by atoms with Crippen LogP contribution < -0.4 is 5.32 Å². The highest BCUT2D eigenvalue weighted by Gasteiger charge is 1.98.